The van der Waals surface area contributed by atoms with E-state index < -0.39 is 17.4 Å². The van der Waals surface area contributed by atoms with Crippen molar-refractivity contribution in [3.05, 3.63) is 65.7 Å². The van der Waals surface area contributed by atoms with Crippen LogP contribution in [-0.4, -0.2) is 42.0 Å². The van der Waals surface area contributed by atoms with E-state index in [4.69, 9.17) is 4.74 Å². The molecular formula is C21H24N2O5. The molecule has 7 heteroatoms. The van der Waals surface area contributed by atoms with Crippen LogP contribution in [0, 0.1) is 0 Å². The first kappa shape index (κ1) is 21.0. The SMILES string of the molecule is COC(=O)COc1ccc(C(=O)NN(C(=O)c2ccccc2)C(C)(C)C)cc1. The molecule has 148 valence electrons. The van der Waals surface area contributed by atoms with E-state index in [1.165, 1.54) is 12.1 Å². The van der Waals surface area contributed by atoms with Crippen molar-refractivity contribution >= 4 is 17.8 Å². The van der Waals surface area contributed by atoms with E-state index in [0.717, 1.165) is 0 Å². The summed E-state index contributed by atoms with van der Waals surface area (Å²) in [7, 11) is 1.27. The van der Waals surface area contributed by atoms with Gasteiger partial charge in [-0.3, -0.25) is 15.0 Å². The maximum Gasteiger partial charge on any atom is 0.343 e. The molecule has 1 N–H and O–H groups in total. The number of ether oxygens (including phenoxy) is 2. The van der Waals surface area contributed by atoms with E-state index >= 15 is 0 Å². The Labute approximate surface area is 164 Å². The summed E-state index contributed by atoms with van der Waals surface area (Å²) in [4.78, 5) is 36.6. The van der Waals surface area contributed by atoms with Crippen molar-refractivity contribution in [2.75, 3.05) is 13.7 Å². The third-order valence-electron chi connectivity index (χ3n) is 3.81. The Balaban J connectivity index is 2.11. The molecule has 0 aliphatic carbocycles. The largest absolute Gasteiger partial charge is 0.482 e. The van der Waals surface area contributed by atoms with Gasteiger partial charge in [0.15, 0.2) is 6.61 Å². The van der Waals surface area contributed by atoms with Crippen LogP contribution in [0.25, 0.3) is 0 Å². The Bertz CT molecular complexity index is 826. The van der Waals surface area contributed by atoms with Gasteiger partial charge in [0.1, 0.15) is 5.75 Å². The van der Waals surface area contributed by atoms with E-state index in [2.05, 4.69) is 10.2 Å². The fraction of sp³-hybridized carbons (Fsp3) is 0.286. The van der Waals surface area contributed by atoms with Crippen LogP contribution in [-0.2, 0) is 9.53 Å². The highest BCUT2D eigenvalue weighted by Crippen LogP contribution is 2.17. The number of hydrogen-bond donors (Lipinski definition) is 1. The average molecular weight is 384 g/mol. The normalized spacial score (nSPS) is 10.7. The summed E-state index contributed by atoms with van der Waals surface area (Å²) in [5.41, 5.74) is 2.87. The minimum Gasteiger partial charge on any atom is -0.482 e. The highest BCUT2D eigenvalue weighted by molar-refractivity contribution is 5.99. The highest BCUT2D eigenvalue weighted by Gasteiger charge is 2.29. The van der Waals surface area contributed by atoms with Gasteiger partial charge in [0, 0.05) is 11.1 Å². The molecule has 0 aliphatic rings. The molecule has 0 heterocycles. The standard InChI is InChI=1S/C21H24N2O5/c1-21(2,3)23(20(26)16-8-6-5-7-9-16)22-19(25)15-10-12-17(13-11-15)28-14-18(24)27-4/h5-13H,14H2,1-4H3,(H,22,25). The number of esters is 1. The lowest BCUT2D eigenvalue weighted by Gasteiger charge is -2.35. The fourth-order valence-corrected chi connectivity index (χ4v) is 2.30. The fourth-order valence-electron chi connectivity index (χ4n) is 2.30. The van der Waals surface area contributed by atoms with Gasteiger partial charge in [0.05, 0.1) is 12.6 Å². The number of hydrogen-bond acceptors (Lipinski definition) is 5. The molecule has 0 fully saturated rings. The third kappa shape index (κ3) is 5.57. The predicted octanol–water partition coefficient (Wildman–Crippen LogP) is 2.82. The molecule has 2 aromatic carbocycles. The Hall–Kier alpha value is -3.35. The maximum atomic E-state index is 12.8. The van der Waals surface area contributed by atoms with Crippen molar-refractivity contribution in [1.82, 2.24) is 10.4 Å². The quantitative estimate of drug-likeness (QED) is 0.633. The van der Waals surface area contributed by atoms with E-state index in [-0.39, 0.29) is 12.5 Å². The topological polar surface area (TPSA) is 84.9 Å². The molecule has 0 radical (unpaired) electrons. The highest BCUT2D eigenvalue weighted by atomic mass is 16.6. The number of hydrazine groups is 1. The number of carbonyl (C=O) groups is 3. The molecule has 28 heavy (non-hydrogen) atoms. The van der Waals surface area contributed by atoms with E-state index in [1.54, 1.807) is 48.5 Å². The summed E-state index contributed by atoms with van der Waals surface area (Å²) in [5.74, 6) is -0.810. The summed E-state index contributed by atoms with van der Waals surface area (Å²) < 4.78 is 9.76. The zero-order chi connectivity index (χ0) is 20.7. The monoisotopic (exact) mass is 384 g/mol. The number of nitrogens with one attached hydrogen (secondary N) is 1. The minimum absolute atomic E-state index is 0.217. The van der Waals surface area contributed by atoms with Crippen LogP contribution < -0.4 is 10.2 Å². The molecular weight excluding hydrogens is 360 g/mol. The van der Waals surface area contributed by atoms with Gasteiger partial charge in [-0.15, -0.1) is 0 Å². The van der Waals surface area contributed by atoms with Gasteiger partial charge < -0.3 is 9.47 Å². The number of carbonyl (C=O) groups excluding carboxylic acids is 3. The second kappa shape index (κ2) is 9.03. The third-order valence-corrected chi connectivity index (χ3v) is 3.81. The molecule has 2 rings (SSSR count). The summed E-state index contributed by atoms with van der Waals surface area (Å²) in [6, 6.07) is 15.0. The number of rotatable bonds is 5. The molecule has 0 aliphatic heterocycles. The second-order valence-corrected chi connectivity index (χ2v) is 7.01. The van der Waals surface area contributed by atoms with Crippen LogP contribution in [0.4, 0.5) is 0 Å². The van der Waals surface area contributed by atoms with E-state index in [0.29, 0.717) is 16.9 Å². The van der Waals surface area contributed by atoms with Crippen molar-refractivity contribution < 1.29 is 23.9 Å². The van der Waals surface area contributed by atoms with Crippen LogP contribution in [0.1, 0.15) is 41.5 Å². The lowest BCUT2D eigenvalue weighted by Crippen LogP contribution is -2.55. The van der Waals surface area contributed by atoms with Crippen molar-refractivity contribution in [1.29, 1.82) is 0 Å². The van der Waals surface area contributed by atoms with Crippen LogP contribution in [0.2, 0.25) is 0 Å². The summed E-state index contributed by atoms with van der Waals surface area (Å²) >= 11 is 0. The number of benzene rings is 2. The van der Waals surface area contributed by atoms with Gasteiger partial charge in [-0.2, -0.15) is 0 Å². The zero-order valence-corrected chi connectivity index (χ0v) is 16.4. The minimum atomic E-state index is -0.633. The Kier molecular flexibility index (Phi) is 6.76. The predicted molar refractivity (Wildman–Crippen MR) is 104 cm³/mol. The van der Waals surface area contributed by atoms with E-state index in [9.17, 15) is 14.4 Å². The van der Waals surface area contributed by atoms with Gasteiger partial charge in [-0.25, -0.2) is 9.80 Å². The molecule has 0 unspecified atom stereocenters. The zero-order valence-electron chi connectivity index (χ0n) is 16.4. The first-order chi connectivity index (χ1) is 13.2. The van der Waals surface area contributed by atoms with Crippen molar-refractivity contribution in [2.24, 2.45) is 0 Å². The summed E-state index contributed by atoms with van der Waals surface area (Å²) in [6.45, 7) is 5.28. The van der Waals surface area contributed by atoms with Crippen molar-refractivity contribution in [3.63, 3.8) is 0 Å². The second-order valence-electron chi connectivity index (χ2n) is 7.01. The van der Waals surface area contributed by atoms with Gasteiger partial charge in [0.25, 0.3) is 11.8 Å². The van der Waals surface area contributed by atoms with Crippen LogP contribution >= 0.6 is 0 Å². The lowest BCUT2D eigenvalue weighted by atomic mass is 10.1. The van der Waals surface area contributed by atoms with Crippen molar-refractivity contribution in [3.8, 4) is 5.75 Å². The van der Waals surface area contributed by atoms with Gasteiger partial charge >= 0.3 is 5.97 Å². The molecule has 0 saturated carbocycles. The molecule has 2 amide bonds. The lowest BCUT2D eigenvalue weighted by molar-refractivity contribution is -0.142. The molecule has 0 spiro atoms. The van der Waals surface area contributed by atoms with Crippen molar-refractivity contribution in [2.45, 2.75) is 26.3 Å². The van der Waals surface area contributed by atoms with Crippen LogP contribution in [0.3, 0.4) is 0 Å². The number of nitrogens with zero attached hydrogens (tertiary/aromatic N) is 1. The van der Waals surface area contributed by atoms with Gasteiger partial charge in [0.2, 0.25) is 0 Å². The molecule has 0 atom stereocenters. The summed E-state index contributed by atoms with van der Waals surface area (Å²) in [5, 5.41) is 1.31. The molecule has 0 bridgehead atoms. The molecule has 0 saturated heterocycles. The molecule has 0 aromatic heterocycles. The maximum absolute atomic E-state index is 12.8. The first-order valence-corrected chi connectivity index (χ1v) is 8.72. The Morgan fingerprint density at radius 2 is 1.54 bits per heavy atom. The number of methoxy groups -OCH3 is 1. The molecule has 7 nitrogen and oxygen atoms in total. The van der Waals surface area contributed by atoms with E-state index in [1.807, 2.05) is 26.8 Å². The Morgan fingerprint density at radius 3 is 2.07 bits per heavy atom. The smallest absolute Gasteiger partial charge is 0.343 e. The molecule has 2 aromatic rings. The first-order valence-electron chi connectivity index (χ1n) is 8.72. The van der Waals surface area contributed by atoms with Gasteiger partial charge in [-0.1, -0.05) is 18.2 Å². The van der Waals surface area contributed by atoms with Crippen LogP contribution in [0.15, 0.2) is 54.6 Å². The Morgan fingerprint density at radius 1 is 0.929 bits per heavy atom. The van der Waals surface area contributed by atoms with Gasteiger partial charge in [-0.05, 0) is 57.2 Å². The number of amides is 2. The average Bonchev–Trinajstić information content (AvgIpc) is 2.69. The summed E-state index contributed by atoms with van der Waals surface area (Å²) in [6.07, 6.45) is 0. The van der Waals surface area contributed by atoms with Crippen LogP contribution in [0.5, 0.6) is 5.75 Å².